The summed E-state index contributed by atoms with van der Waals surface area (Å²) in [6.07, 6.45) is 1.66. The minimum absolute atomic E-state index is 0.129. The van der Waals surface area contributed by atoms with E-state index in [1.807, 2.05) is 43.3 Å². The van der Waals surface area contributed by atoms with Gasteiger partial charge < -0.3 is 10.1 Å². The highest BCUT2D eigenvalue weighted by atomic mass is 35.5. The van der Waals surface area contributed by atoms with Gasteiger partial charge in [0.25, 0.3) is 5.91 Å². The van der Waals surface area contributed by atoms with Gasteiger partial charge in [-0.25, -0.2) is 4.68 Å². The molecule has 7 nitrogen and oxygen atoms in total. The van der Waals surface area contributed by atoms with Crippen molar-refractivity contribution in [2.24, 2.45) is 0 Å². The van der Waals surface area contributed by atoms with Crippen LogP contribution in [0.25, 0.3) is 0 Å². The van der Waals surface area contributed by atoms with Crippen LogP contribution in [0.4, 0.5) is 5.82 Å². The number of hydrogen-bond acceptors (Lipinski definition) is 4. The molecule has 31 heavy (non-hydrogen) atoms. The molecule has 0 aliphatic heterocycles. The lowest BCUT2D eigenvalue weighted by atomic mass is 10.2. The van der Waals surface area contributed by atoms with Crippen LogP contribution in [0, 0.1) is 6.92 Å². The Morgan fingerprint density at radius 3 is 2.71 bits per heavy atom. The topological polar surface area (TPSA) is 74.0 Å². The molecule has 2 aromatic heterocycles. The van der Waals surface area contributed by atoms with Crippen LogP contribution in [-0.2, 0) is 13.3 Å². The molecule has 4 aromatic rings. The maximum absolute atomic E-state index is 12.6. The van der Waals surface area contributed by atoms with Gasteiger partial charge in [-0.2, -0.15) is 10.2 Å². The Morgan fingerprint density at radius 1 is 1.06 bits per heavy atom. The smallest absolute Gasteiger partial charge is 0.277 e. The molecule has 0 bridgehead atoms. The first-order valence-electron chi connectivity index (χ1n) is 9.49. The summed E-state index contributed by atoms with van der Waals surface area (Å²) in [5.74, 6) is 0.640. The summed E-state index contributed by atoms with van der Waals surface area (Å²) >= 11 is 12.1. The van der Waals surface area contributed by atoms with Crippen molar-refractivity contribution < 1.29 is 9.53 Å². The molecule has 1 amide bonds. The Balaban J connectivity index is 1.38. The fourth-order valence-corrected chi connectivity index (χ4v) is 3.38. The molecular formula is C22H19Cl2N5O2. The Hall–Kier alpha value is -3.29. The zero-order valence-corrected chi connectivity index (χ0v) is 18.1. The minimum Gasteiger partial charge on any atom is -0.470 e. The summed E-state index contributed by atoms with van der Waals surface area (Å²) in [6.45, 7) is 2.61. The van der Waals surface area contributed by atoms with Gasteiger partial charge in [-0.15, -0.1) is 0 Å². The average Bonchev–Trinajstić information content (AvgIpc) is 3.34. The second kappa shape index (κ2) is 9.24. The van der Waals surface area contributed by atoms with Gasteiger partial charge >= 0.3 is 0 Å². The van der Waals surface area contributed by atoms with E-state index in [2.05, 4.69) is 15.5 Å². The molecule has 0 aliphatic rings. The van der Waals surface area contributed by atoms with E-state index in [1.54, 1.807) is 35.1 Å². The number of nitrogens with one attached hydrogen (secondary N) is 1. The SMILES string of the molecule is Cc1cc(NC(=O)c2ccn(COc3ccccc3Cl)n2)nn1Cc1cccc(Cl)c1. The first kappa shape index (κ1) is 21.0. The third-order valence-electron chi connectivity index (χ3n) is 4.51. The molecule has 0 saturated heterocycles. The number of aryl methyl sites for hydroxylation is 1. The van der Waals surface area contributed by atoms with Crippen LogP contribution < -0.4 is 10.1 Å². The van der Waals surface area contributed by atoms with Crippen LogP contribution >= 0.6 is 23.2 Å². The second-order valence-electron chi connectivity index (χ2n) is 6.86. The molecule has 158 valence electrons. The number of carbonyl (C=O) groups excluding carboxylic acids is 1. The molecule has 0 radical (unpaired) electrons. The molecular weight excluding hydrogens is 437 g/mol. The number of carbonyl (C=O) groups is 1. The summed E-state index contributed by atoms with van der Waals surface area (Å²) in [7, 11) is 0. The van der Waals surface area contributed by atoms with Gasteiger partial charge in [0.2, 0.25) is 0 Å². The number of ether oxygens (including phenoxy) is 1. The van der Waals surface area contributed by atoms with Gasteiger partial charge in [0.05, 0.1) is 11.6 Å². The largest absolute Gasteiger partial charge is 0.470 e. The van der Waals surface area contributed by atoms with E-state index in [0.29, 0.717) is 28.2 Å². The third-order valence-corrected chi connectivity index (χ3v) is 5.05. The number of aromatic nitrogens is 4. The number of halogens is 2. The summed E-state index contributed by atoms with van der Waals surface area (Å²) < 4.78 is 8.95. The van der Waals surface area contributed by atoms with Crippen molar-refractivity contribution >= 4 is 34.9 Å². The Morgan fingerprint density at radius 2 is 1.90 bits per heavy atom. The molecule has 9 heteroatoms. The second-order valence-corrected chi connectivity index (χ2v) is 7.70. The van der Waals surface area contributed by atoms with Crippen molar-refractivity contribution in [1.29, 1.82) is 0 Å². The lowest BCUT2D eigenvalue weighted by molar-refractivity contribution is 0.101. The summed E-state index contributed by atoms with van der Waals surface area (Å²) in [6, 6.07) is 18.2. The molecule has 0 saturated carbocycles. The summed E-state index contributed by atoms with van der Waals surface area (Å²) in [5, 5.41) is 12.7. The van der Waals surface area contributed by atoms with Gasteiger partial charge in [-0.05, 0) is 42.8 Å². The van der Waals surface area contributed by atoms with Gasteiger partial charge in [0.15, 0.2) is 18.2 Å². The molecule has 4 rings (SSSR count). The first-order valence-corrected chi connectivity index (χ1v) is 10.2. The predicted molar refractivity (Wildman–Crippen MR) is 120 cm³/mol. The van der Waals surface area contributed by atoms with Crippen molar-refractivity contribution in [2.45, 2.75) is 20.2 Å². The number of para-hydroxylation sites is 1. The fraction of sp³-hybridized carbons (Fsp3) is 0.136. The highest BCUT2D eigenvalue weighted by Crippen LogP contribution is 2.23. The maximum atomic E-state index is 12.6. The summed E-state index contributed by atoms with van der Waals surface area (Å²) in [4.78, 5) is 12.6. The van der Waals surface area contributed by atoms with Gasteiger partial charge in [0, 0.05) is 23.0 Å². The molecule has 0 unspecified atom stereocenters. The van der Waals surface area contributed by atoms with Crippen molar-refractivity contribution in [3.8, 4) is 5.75 Å². The van der Waals surface area contributed by atoms with E-state index < -0.39 is 0 Å². The molecule has 0 aliphatic carbocycles. The zero-order valence-electron chi connectivity index (χ0n) is 16.6. The van der Waals surface area contributed by atoms with E-state index in [9.17, 15) is 4.79 Å². The number of anilines is 1. The lowest BCUT2D eigenvalue weighted by Crippen LogP contribution is -2.15. The number of hydrogen-bond donors (Lipinski definition) is 1. The Kier molecular flexibility index (Phi) is 6.25. The highest BCUT2D eigenvalue weighted by molar-refractivity contribution is 6.32. The zero-order chi connectivity index (χ0) is 21.8. The van der Waals surface area contributed by atoms with Crippen LogP contribution in [0.2, 0.25) is 10.0 Å². The number of amides is 1. The monoisotopic (exact) mass is 455 g/mol. The summed E-state index contributed by atoms with van der Waals surface area (Å²) in [5.41, 5.74) is 2.19. The lowest BCUT2D eigenvalue weighted by Gasteiger charge is -2.07. The number of benzene rings is 2. The van der Waals surface area contributed by atoms with Crippen molar-refractivity contribution in [2.75, 3.05) is 5.32 Å². The van der Waals surface area contributed by atoms with Crippen molar-refractivity contribution in [3.05, 3.63) is 93.9 Å². The quantitative estimate of drug-likeness (QED) is 0.423. The third kappa shape index (κ3) is 5.25. The minimum atomic E-state index is -0.358. The molecule has 1 N–H and O–H groups in total. The van der Waals surface area contributed by atoms with E-state index in [4.69, 9.17) is 27.9 Å². The van der Waals surface area contributed by atoms with Crippen LogP contribution in [0.15, 0.2) is 66.9 Å². The maximum Gasteiger partial charge on any atom is 0.277 e. The first-order chi connectivity index (χ1) is 15.0. The van der Waals surface area contributed by atoms with Crippen molar-refractivity contribution in [1.82, 2.24) is 19.6 Å². The Labute approximate surface area is 189 Å². The predicted octanol–water partition coefficient (Wildman–Crippen LogP) is 5.03. The Bertz CT molecular complexity index is 1220. The number of nitrogens with zero attached hydrogens (tertiary/aromatic N) is 4. The molecule has 0 atom stereocenters. The number of rotatable bonds is 7. The van der Waals surface area contributed by atoms with E-state index in [1.165, 1.54) is 4.68 Å². The molecule has 2 aromatic carbocycles. The highest BCUT2D eigenvalue weighted by Gasteiger charge is 2.13. The van der Waals surface area contributed by atoms with Gasteiger partial charge in [-0.3, -0.25) is 9.48 Å². The van der Waals surface area contributed by atoms with Crippen LogP contribution in [-0.4, -0.2) is 25.5 Å². The standard InChI is InChI=1S/C22H19Cl2N5O2/c1-15-11-21(27-29(15)13-16-5-4-6-17(23)12-16)25-22(30)19-9-10-28(26-19)14-31-20-8-3-2-7-18(20)24/h2-12H,13-14H2,1H3,(H,25,27,30). The molecule has 2 heterocycles. The van der Waals surface area contributed by atoms with Crippen LogP contribution in [0.3, 0.4) is 0 Å². The van der Waals surface area contributed by atoms with E-state index in [0.717, 1.165) is 11.3 Å². The molecule has 0 fully saturated rings. The van der Waals surface area contributed by atoms with E-state index >= 15 is 0 Å². The normalized spacial score (nSPS) is 10.8. The fourth-order valence-electron chi connectivity index (χ4n) is 2.97. The van der Waals surface area contributed by atoms with Gasteiger partial charge in [0.1, 0.15) is 5.75 Å². The van der Waals surface area contributed by atoms with Crippen LogP contribution in [0.1, 0.15) is 21.7 Å². The average molecular weight is 456 g/mol. The van der Waals surface area contributed by atoms with Crippen LogP contribution in [0.5, 0.6) is 5.75 Å². The van der Waals surface area contributed by atoms with E-state index in [-0.39, 0.29) is 18.3 Å². The van der Waals surface area contributed by atoms with Gasteiger partial charge in [-0.1, -0.05) is 47.5 Å². The van der Waals surface area contributed by atoms with Crippen molar-refractivity contribution in [3.63, 3.8) is 0 Å². The molecule has 0 spiro atoms.